The van der Waals surface area contributed by atoms with Crippen molar-refractivity contribution in [2.24, 2.45) is 7.05 Å². The van der Waals surface area contributed by atoms with Crippen molar-refractivity contribution in [1.82, 2.24) is 24.9 Å². The summed E-state index contributed by atoms with van der Waals surface area (Å²) in [6, 6.07) is 18.3. The van der Waals surface area contributed by atoms with Crippen LogP contribution in [0.15, 0.2) is 66.9 Å². The van der Waals surface area contributed by atoms with Crippen molar-refractivity contribution in [3.05, 3.63) is 78.1 Å². The zero-order valence-corrected chi connectivity index (χ0v) is 22.5. The number of hydrogen-bond acceptors (Lipinski definition) is 4. The molecule has 2 heterocycles. The highest BCUT2D eigenvalue weighted by atomic mass is 16.2. The Morgan fingerprint density at radius 1 is 1.03 bits per heavy atom. The van der Waals surface area contributed by atoms with E-state index in [9.17, 15) is 9.59 Å². The highest BCUT2D eigenvalue weighted by Gasteiger charge is 2.36. The van der Waals surface area contributed by atoms with Gasteiger partial charge in [0.05, 0.1) is 11.2 Å². The molecule has 2 aromatic heterocycles. The first-order chi connectivity index (χ1) is 17.6. The van der Waals surface area contributed by atoms with E-state index < -0.39 is 11.6 Å². The van der Waals surface area contributed by atoms with Crippen molar-refractivity contribution in [3.63, 3.8) is 0 Å². The number of hydrogen-bond donors (Lipinski definition) is 1. The molecule has 2 amide bonds. The number of anilines is 1. The van der Waals surface area contributed by atoms with Crippen LogP contribution in [-0.4, -0.2) is 36.9 Å². The molecule has 194 valence electrons. The first-order valence-corrected chi connectivity index (χ1v) is 12.7. The Labute approximate surface area is 218 Å². The molecule has 4 aromatic rings. The molecule has 1 N–H and O–H groups in total. The van der Waals surface area contributed by atoms with Crippen molar-refractivity contribution in [2.75, 3.05) is 4.90 Å². The number of aryl methyl sites for hydroxylation is 1. The highest BCUT2D eigenvalue weighted by molar-refractivity contribution is 6.01. The smallest absolute Gasteiger partial charge is 0.249 e. The third-order valence-electron chi connectivity index (χ3n) is 6.93. The number of carbonyl (C=O) groups is 2. The van der Waals surface area contributed by atoms with Gasteiger partial charge in [0.25, 0.3) is 0 Å². The molecule has 0 fully saturated rings. The zero-order chi connectivity index (χ0) is 26.7. The van der Waals surface area contributed by atoms with Gasteiger partial charge in [0, 0.05) is 24.5 Å². The topological polar surface area (TPSA) is 85.0 Å². The summed E-state index contributed by atoms with van der Waals surface area (Å²) in [5.41, 5.74) is 3.57. The molecule has 0 radical (unpaired) electrons. The summed E-state index contributed by atoms with van der Waals surface area (Å²) < 4.78 is 3.47. The molecule has 8 nitrogen and oxygen atoms in total. The van der Waals surface area contributed by atoms with Crippen LogP contribution in [0.3, 0.4) is 0 Å². The maximum atomic E-state index is 14.1. The minimum atomic E-state index is -0.877. The third-order valence-corrected chi connectivity index (χ3v) is 6.93. The Morgan fingerprint density at radius 3 is 2.35 bits per heavy atom. The summed E-state index contributed by atoms with van der Waals surface area (Å²) in [6.45, 7) is 10.2. The molecule has 0 bridgehead atoms. The molecule has 0 aliphatic heterocycles. The van der Waals surface area contributed by atoms with Crippen LogP contribution in [0.25, 0.3) is 11.0 Å². The normalized spacial score (nSPS) is 12.6. The van der Waals surface area contributed by atoms with Gasteiger partial charge in [-0.25, -0.2) is 4.68 Å². The Morgan fingerprint density at radius 2 is 1.73 bits per heavy atom. The number of benzene rings is 2. The second kappa shape index (κ2) is 10.6. The number of aromatic nitrogens is 4. The Balaban J connectivity index is 1.82. The van der Waals surface area contributed by atoms with Gasteiger partial charge in [0.15, 0.2) is 6.04 Å². The lowest BCUT2D eigenvalue weighted by Gasteiger charge is -2.34. The van der Waals surface area contributed by atoms with Crippen LogP contribution in [0.4, 0.5) is 5.69 Å². The fourth-order valence-corrected chi connectivity index (χ4v) is 4.33. The van der Waals surface area contributed by atoms with Gasteiger partial charge in [-0.05, 0) is 68.1 Å². The summed E-state index contributed by atoms with van der Waals surface area (Å²) >= 11 is 0. The van der Waals surface area contributed by atoms with Gasteiger partial charge in [0.2, 0.25) is 11.8 Å². The largest absolute Gasteiger partial charge is 0.352 e. The van der Waals surface area contributed by atoms with Crippen LogP contribution in [0.1, 0.15) is 64.3 Å². The number of amides is 2. The van der Waals surface area contributed by atoms with Crippen LogP contribution >= 0.6 is 0 Å². The van der Waals surface area contributed by atoms with E-state index >= 15 is 0 Å². The Hall–Kier alpha value is -3.94. The average Bonchev–Trinajstić information content (AvgIpc) is 3.48. The summed E-state index contributed by atoms with van der Waals surface area (Å²) in [6.07, 6.45) is 2.64. The van der Waals surface area contributed by atoms with Crippen molar-refractivity contribution in [1.29, 1.82) is 0 Å². The second-order valence-electron chi connectivity index (χ2n) is 10.4. The van der Waals surface area contributed by atoms with Gasteiger partial charge in [0.1, 0.15) is 12.1 Å². The molecule has 0 saturated carbocycles. The monoisotopic (exact) mass is 500 g/mol. The average molecular weight is 501 g/mol. The maximum Gasteiger partial charge on any atom is 0.249 e. The van der Waals surface area contributed by atoms with Gasteiger partial charge in [-0.2, -0.15) is 0 Å². The number of nitrogens with one attached hydrogen (secondary N) is 1. The number of fused-ring (bicyclic) bond motifs is 1. The lowest BCUT2D eigenvalue weighted by Crippen LogP contribution is -2.51. The summed E-state index contributed by atoms with van der Waals surface area (Å²) in [7, 11) is 1.88. The highest BCUT2D eigenvalue weighted by Crippen LogP contribution is 2.31. The van der Waals surface area contributed by atoms with E-state index in [1.54, 1.807) is 9.58 Å². The predicted octanol–water partition coefficient (Wildman–Crippen LogP) is 4.97. The Kier molecular flexibility index (Phi) is 7.47. The molecule has 1 unspecified atom stereocenters. The van der Waals surface area contributed by atoms with Crippen LogP contribution in [-0.2, 0) is 23.2 Å². The number of para-hydroxylation sites is 1. The molecule has 8 heteroatoms. The summed E-state index contributed by atoms with van der Waals surface area (Å²) in [5, 5.41) is 11.6. The molecule has 2 aromatic carbocycles. The van der Waals surface area contributed by atoms with Gasteiger partial charge < -0.3 is 9.88 Å². The molecular formula is C29H36N6O2. The van der Waals surface area contributed by atoms with Gasteiger partial charge in [-0.1, -0.05) is 50.3 Å². The van der Waals surface area contributed by atoms with Crippen molar-refractivity contribution in [3.8, 4) is 0 Å². The summed E-state index contributed by atoms with van der Waals surface area (Å²) in [5.74, 6) is -0.154. The van der Waals surface area contributed by atoms with E-state index in [2.05, 4.69) is 29.5 Å². The molecule has 0 spiro atoms. The van der Waals surface area contributed by atoms with Gasteiger partial charge in [-0.3, -0.25) is 14.5 Å². The Bertz CT molecular complexity index is 1380. The fraction of sp³-hybridized carbons (Fsp3) is 0.379. The van der Waals surface area contributed by atoms with Gasteiger partial charge in [-0.15, -0.1) is 5.10 Å². The lowest BCUT2D eigenvalue weighted by molar-refractivity contribution is -0.128. The van der Waals surface area contributed by atoms with E-state index in [1.165, 1.54) is 0 Å². The van der Waals surface area contributed by atoms with E-state index in [0.29, 0.717) is 22.8 Å². The van der Waals surface area contributed by atoms with Crippen molar-refractivity contribution in [2.45, 2.75) is 65.1 Å². The van der Waals surface area contributed by atoms with Crippen LogP contribution in [0.2, 0.25) is 0 Å². The third kappa shape index (κ3) is 5.58. The minimum absolute atomic E-state index is 0.0577. The zero-order valence-electron chi connectivity index (χ0n) is 22.5. The fourth-order valence-electron chi connectivity index (χ4n) is 4.33. The quantitative estimate of drug-likeness (QED) is 0.352. The second-order valence-corrected chi connectivity index (χ2v) is 10.4. The molecule has 1 atom stereocenters. The molecule has 0 saturated heterocycles. The molecule has 0 aliphatic carbocycles. The van der Waals surface area contributed by atoms with E-state index in [-0.39, 0.29) is 18.4 Å². The van der Waals surface area contributed by atoms with E-state index in [4.69, 9.17) is 0 Å². The van der Waals surface area contributed by atoms with Crippen LogP contribution in [0.5, 0.6) is 0 Å². The van der Waals surface area contributed by atoms with E-state index in [1.807, 2.05) is 99.2 Å². The summed E-state index contributed by atoms with van der Waals surface area (Å²) in [4.78, 5) is 29.6. The maximum absolute atomic E-state index is 14.1. The van der Waals surface area contributed by atoms with Crippen LogP contribution in [0, 0.1) is 0 Å². The number of rotatable bonds is 9. The van der Waals surface area contributed by atoms with Crippen molar-refractivity contribution >= 4 is 28.5 Å². The number of carbonyl (C=O) groups excluding carboxylic acids is 2. The first-order valence-electron chi connectivity index (χ1n) is 12.7. The minimum Gasteiger partial charge on any atom is -0.352 e. The standard InChI is InChI=1S/C29H36N6O2/c1-7-29(4,5)30-28(37)27(25-13-10-18-33(25)6)35(22-16-14-21(15-17-22)20(2)3)26(36)19-34-24-12-9-8-11-23(24)31-32-34/h8-18,20,27H,7,19H2,1-6H3,(H,30,37). The molecule has 4 rings (SSSR count). The first kappa shape index (κ1) is 26.1. The predicted molar refractivity (Wildman–Crippen MR) is 146 cm³/mol. The SMILES string of the molecule is CCC(C)(C)NC(=O)C(c1cccn1C)N(C(=O)Cn1nnc2ccccc21)c1ccc(C(C)C)cc1. The molecule has 0 aliphatic rings. The molecule has 37 heavy (non-hydrogen) atoms. The van der Waals surface area contributed by atoms with Gasteiger partial charge >= 0.3 is 0 Å². The van der Waals surface area contributed by atoms with E-state index in [0.717, 1.165) is 17.5 Å². The van der Waals surface area contributed by atoms with Crippen molar-refractivity contribution < 1.29 is 9.59 Å². The molecular weight excluding hydrogens is 464 g/mol. The lowest BCUT2D eigenvalue weighted by atomic mass is 9.99. The van der Waals surface area contributed by atoms with Crippen LogP contribution < -0.4 is 10.2 Å². The number of nitrogens with zero attached hydrogens (tertiary/aromatic N) is 5.